The van der Waals surface area contributed by atoms with Gasteiger partial charge >= 0.3 is 0 Å². The van der Waals surface area contributed by atoms with E-state index in [1.165, 1.54) is 0 Å². The molecule has 0 fully saturated rings. The van der Waals surface area contributed by atoms with Gasteiger partial charge < -0.3 is 15.5 Å². The van der Waals surface area contributed by atoms with Crippen LogP contribution in [0.25, 0.3) is 11.4 Å². The molecule has 0 atom stereocenters. The molecule has 0 unspecified atom stereocenters. The van der Waals surface area contributed by atoms with Crippen LogP contribution < -0.4 is 10.5 Å². The second kappa shape index (κ2) is 4.14. The van der Waals surface area contributed by atoms with E-state index in [0.29, 0.717) is 6.54 Å². The number of para-hydroxylation sites is 1. The van der Waals surface area contributed by atoms with Gasteiger partial charge in [-0.1, -0.05) is 12.1 Å². The molecule has 15 heavy (non-hydrogen) atoms. The third-order valence-corrected chi connectivity index (χ3v) is 2.21. The molecular formula is C11H13N3O. The molecule has 1 heterocycles. The topological polar surface area (TPSA) is 63.9 Å². The monoisotopic (exact) mass is 203 g/mol. The van der Waals surface area contributed by atoms with Crippen LogP contribution in [0, 0.1) is 0 Å². The summed E-state index contributed by atoms with van der Waals surface area (Å²) in [6, 6.07) is 7.73. The Morgan fingerprint density at radius 3 is 2.87 bits per heavy atom. The predicted molar refractivity (Wildman–Crippen MR) is 58.5 cm³/mol. The van der Waals surface area contributed by atoms with Crippen molar-refractivity contribution >= 4 is 0 Å². The Hall–Kier alpha value is -1.81. The van der Waals surface area contributed by atoms with E-state index in [9.17, 15) is 0 Å². The van der Waals surface area contributed by atoms with E-state index in [0.717, 1.165) is 22.8 Å². The van der Waals surface area contributed by atoms with Gasteiger partial charge in [-0.25, -0.2) is 4.98 Å². The Morgan fingerprint density at radius 1 is 1.40 bits per heavy atom. The molecule has 78 valence electrons. The number of hydrogen-bond donors (Lipinski definition) is 2. The van der Waals surface area contributed by atoms with Gasteiger partial charge in [0.05, 0.1) is 12.7 Å². The lowest BCUT2D eigenvalue weighted by Gasteiger charge is -2.04. The maximum absolute atomic E-state index is 5.51. The number of methoxy groups -OCH3 is 1. The summed E-state index contributed by atoms with van der Waals surface area (Å²) < 4.78 is 5.25. The van der Waals surface area contributed by atoms with Crippen LogP contribution in [-0.4, -0.2) is 17.1 Å². The fraction of sp³-hybridized carbons (Fsp3) is 0.182. The summed E-state index contributed by atoms with van der Waals surface area (Å²) >= 11 is 0. The molecule has 0 bridgehead atoms. The van der Waals surface area contributed by atoms with Crippen molar-refractivity contribution in [2.24, 2.45) is 5.73 Å². The van der Waals surface area contributed by atoms with Crippen molar-refractivity contribution in [3.8, 4) is 17.1 Å². The van der Waals surface area contributed by atoms with Crippen LogP contribution in [0.2, 0.25) is 0 Å². The molecule has 0 aliphatic carbocycles. The Morgan fingerprint density at radius 2 is 2.20 bits per heavy atom. The molecule has 4 nitrogen and oxygen atoms in total. The zero-order valence-electron chi connectivity index (χ0n) is 8.53. The molecule has 0 aliphatic rings. The zero-order chi connectivity index (χ0) is 10.7. The number of hydrogen-bond acceptors (Lipinski definition) is 3. The van der Waals surface area contributed by atoms with E-state index in [4.69, 9.17) is 10.5 Å². The Kier molecular flexibility index (Phi) is 2.69. The number of ether oxygens (including phenoxy) is 1. The first-order valence-corrected chi connectivity index (χ1v) is 4.72. The highest BCUT2D eigenvalue weighted by atomic mass is 16.5. The number of aromatic amines is 1. The first kappa shape index (κ1) is 9.73. The average molecular weight is 203 g/mol. The van der Waals surface area contributed by atoms with Crippen molar-refractivity contribution in [2.45, 2.75) is 6.54 Å². The maximum atomic E-state index is 5.51. The molecule has 0 aliphatic heterocycles. The molecule has 4 heteroatoms. The lowest BCUT2D eigenvalue weighted by atomic mass is 10.2. The molecular weight excluding hydrogens is 190 g/mol. The van der Waals surface area contributed by atoms with E-state index in [1.807, 2.05) is 24.3 Å². The molecule has 1 aromatic carbocycles. The highest BCUT2D eigenvalue weighted by Gasteiger charge is 2.07. The summed E-state index contributed by atoms with van der Waals surface area (Å²) in [5.41, 5.74) is 7.37. The molecule has 1 aromatic heterocycles. The number of rotatable bonds is 3. The third-order valence-electron chi connectivity index (χ3n) is 2.21. The van der Waals surface area contributed by atoms with Gasteiger partial charge in [-0.05, 0) is 12.1 Å². The van der Waals surface area contributed by atoms with Crippen LogP contribution in [0.4, 0.5) is 0 Å². The molecule has 0 saturated carbocycles. The second-order valence-corrected chi connectivity index (χ2v) is 3.16. The zero-order valence-corrected chi connectivity index (χ0v) is 8.53. The normalized spacial score (nSPS) is 10.3. The Bertz CT molecular complexity index is 451. The van der Waals surface area contributed by atoms with E-state index < -0.39 is 0 Å². The van der Waals surface area contributed by atoms with Gasteiger partial charge in [0.2, 0.25) is 0 Å². The highest BCUT2D eigenvalue weighted by Crippen LogP contribution is 2.26. The van der Waals surface area contributed by atoms with E-state index in [2.05, 4.69) is 9.97 Å². The van der Waals surface area contributed by atoms with Gasteiger partial charge in [0, 0.05) is 18.4 Å². The predicted octanol–water partition coefficient (Wildman–Crippen LogP) is 1.54. The van der Waals surface area contributed by atoms with Gasteiger partial charge in [-0.2, -0.15) is 0 Å². The van der Waals surface area contributed by atoms with E-state index in [1.54, 1.807) is 13.3 Å². The summed E-state index contributed by atoms with van der Waals surface area (Å²) in [4.78, 5) is 7.39. The van der Waals surface area contributed by atoms with Crippen molar-refractivity contribution in [1.82, 2.24) is 9.97 Å². The first-order valence-electron chi connectivity index (χ1n) is 4.72. The van der Waals surface area contributed by atoms with Gasteiger partial charge in [0.25, 0.3) is 0 Å². The van der Waals surface area contributed by atoms with Crippen LogP contribution in [-0.2, 0) is 6.54 Å². The van der Waals surface area contributed by atoms with Crippen molar-refractivity contribution in [2.75, 3.05) is 7.11 Å². The summed E-state index contributed by atoms with van der Waals surface area (Å²) in [6.45, 7) is 0.460. The van der Waals surface area contributed by atoms with Gasteiger partial charge in [0.15, 0.2) is 0 Å². The molecule has 0 amide bonds. The van der Waals surface area contributed by atoms with Gasteiger partial charge in [0.1, 0.15) is 11.6 Å². The van der Waals surface area contributed by atoms with E-state index in [-0.39, 0.29) is 0 Å². The molecule has 0 radical (unpaired) electrons. The minimum absolute atomic E-state index is 0.460. The van der Waals surface area contributed by atoms with Crippen LogP contribution in [0.3, 0.4) is 0 Å². The van der Waals surface area contributed by atoms with Crippen LogP contribution >= 0.6 is 0 Å². The number of benzene rings is 1. The first-order chi connectivity index (χ1) is 7.35. The number of aromatic nitrogens is 2. The van der Waals surface area contributed by atoms with Gasteiger partial charge in [-0.15, -0.1) is 0 Å². The number of nitrogens with zero attached hydrogens (tertiary/aromatic N) is 1. The van der Waals surface area contributed by atoms with Crippen molar-refractivity contribution in [3.05, 3.63) is 36.2 Å². The fourth-order valence-corrected chi connectivity index (χ4v) is 1.44. The molecule has 2 aromatic rings. The Balaban J connectivity index is 2.44. The number of imidazole rings is 1. The average Bonchev–Trinajstić information content (AvgIpc) is 2.77. The van der Waals surface area contributed by atoms with Crippen molar-refractivity contribution in [3.63, 3.8) is 0 Å². The SMILES string of the molecule is COc1ccccc1-c1ncc(CN)[nH]1. The molecule has 2 rings (SSSR count). The largest absolute Gasteiger partial charge is 0.496 e. The lowest BCUT2D eigenvalue weighted by Crippen LogP contribution is -1.96. The smallest absolute Gasteiger partial charge is 0.141 e. The minimum Gasteiger partial charge on any atom is -0.496 e. The third kappa shape index (κ3) is 1.85. The fourth-order valence-electron chi connectivity index (χ4n) is 1.44. The van der Waals surface area contributed by atoms with Crippen LogP contribution in [0.15, 0.2) is 30.5 Å². The minimum atomic E-state index is 0.460. The van der Waals surface area contributed by atoms with Crippen molar-refractivity contribution < 1.29 is 4.74 Å². The molecule has 0 saturated heterocycles. The summed E-state index contributed by atoms with van der Waals surface area (Å²) in [5.74, 6) is 1.59. The lowest BCUT2D eigenvalue weighted by molar-refractivity contribution is 0.416. The summed E-state index contributed by atoms with van der Waals surface area (Å²) in [6.07, 6.45) is 1.74. The number of nitrogens with two attached hydrogens (primary N) is 1. The molecule has 0 spiro atoms. The van der Waals surface area contributed by atoms with E-state index >= 15 is 0 Å². The van der Waals surface area contributed by atoms with Crippen molar-refractivity contribution in [1.29, 1.82) is 0 Å². The highest BCUT2D eigenvalue weighted by molar-refractivity contribution is 5.64. The van der Waals surface area contributed by atoms with Crippen LogP contribution in [0.5, 0.6) is 5.75 Å². The number of nitrogens with one attached hydrogen (secondary N) is 1. The van der Waals surface area contributed by atoms with Crippen LogP contribution in [0.1, 0.15) is 5.69 Å². The maximum Gasteiger partial charge on any atom is 0.141 e. The standard InChI is InChI=1S/C11H13N3O/c1-15-10-5-3-2-4-9(10)11-13-7-8(6-12)14-11/h2-5,7H,6,12H2,1H3,(H,13,14). The molecule has 3 N–H and O–H groups in total. The van der Waals surface area contributed by atoms with Gasteiger partial charge in [-0.3, -0.25) is 0 Å². The number of H-pyrrole nitrogens is 1. The quantitative estimate of drug-likeness (QED) is 0.795. The Labute approximate surface area is 88.1 Å². The summed E-state index contributed by atoms with van der Waals surface area (Å²) in [5, 5.41) is 0. The second-order valence-electron chi connectivity index (χ2n) is 3.16. The summed E-state index contributed by atoms with van der Waals surface area (Å²) in [7, 11) is 1.64.